The van der Waals surface area contributed by atoms with Crippen molar-refractivity contribution in [2.24, 2.45) is 11.8 Å². The molecule has 1 saturated heterocycles. The van der Waals surface area contributed by atoms with Gasteiger partial charge in [0.25, 0.3) is 0 Å². The highest BCUT2D eigenvalue weighted by molar-refractivity contribution is 7.89. The summed E-state index contributed by atoms with van der Waals surface area (Å²) in [6.45, 7) is 9.49. The Morgan fingerprint density at radius 1 is 1.17 bits per heavy atom. The van der Waals surface area contributed by atoms with E-state index in [0.29, 0.717) is 42.6 Å². The molecule has 1 aliphatic heterocycles. The zero-order valence-electron chi connectivity index (χ0n) is 17.6. The molecule has 0 aliphatic carbocycles. The van der Waals surface area contributed by atoms with Crippen LogP contribution in [0.2, 0.25) is 0 Å². The maximum absolute atomic E-state index is 12.9. The lowest BCUT2D eigenvalue weighted by molar-refractivity contribution is -0.121. The van der Waals surface area contributed by atoms with Gasteiger partial charge in [0.15, 0.2) is 0 Å². The van der Waals surface area contributed by atoms with Gasteiger partial charge in [-0.3, -0.25) is 4.79 Å². The van der Waals surface area contributed by atoms with Gasteiger partial charge in [0, 0.05) is 31.6 Å². The average Bonchev–Trinajstić information content (AvgIpc) is 3.09. The monoisotopic (exact) mass is 418 g/mol. The minimum atomic E-state index is -3.53. The number of amides is 1. The van der Waals surface area contributed by atoms with E-state index < -0.39 is 10.0 Å². The number of benzene rings is 1. The Labute approximate surface area is 173 Å². The summed E-state index contributed by atoms with van der Waals surface area (Å²) in [4.78, 5) is 13.0. The minimum absolute atomic E-state index is 0.0706. The molecule has 0 saturated carbocycles. The van der Waals surface area contributed by atoms with Crippen molar-refractivity contribution in [3.05, 3.63) is 41.6 Å². The van der Waals surface area contributed by atoms with Gasteiger partial charge in [-0.2, -0.15) is 9.40 Å². The van der Waals surface area contributed by atoms with Crippen molar-refractivity contribution in [1.29, 1.82) is 0 Å². The van der Waals surface area contributed by atoms with Gasteiger partial charge < -0.3 is 5.32 Å². The van der Waals surface area contributed by atoms with Crippen LogP contribution in [0.15, 0.2) is 35.4 Å². The number of hydrogen-bond acceptors (Lipinski definition) is 4. The molecule has 3 rings (SSSR count). The molecule has 1 fully saturated rings. The summed E-state index contributed by atoms with van der Waals surface area (Å²) < 4.78 is 29.2. The van der Waals surface area contributed by atoms with Crippen LogP contribution in [0.4, 0.5) is 5.82 Å². The summed E-state index contributed by atoms with van der Waals surface area (Å²) in [5, 5.41) is 7.22. The first-order valence-corrected chi connectivity index (χ1v) is 11.5. The molecule has 7 nitrogen and oxygen atoms in total. The Hall–Kier alpha value is -2.19. The van der Waals surface area contributed by atoms with Crippen LogP contribution in [-0.4, -0.2) is 41.5 Å². The highest BCUT2D eigenvalue weighted by Crippen LogP contribution is 2.26. The second kappa shape index (κ2) is 8.67. The molecule has 8 heteroatoms. The van der Waals surface area contributed by atoms with Crippen molar-refractivity contribution in [2.45, 2.75) is 52.0 Å². The van der Waals surface area contributed by atoms with E-state index in [0.717, 1.165) is 17.7 Å². The Morgan fingerprint density at radius 2 is 1.86 bits per heavy atom. The number of aromatic nitrogens is 2. The third kappa shape index (κ3) is 4.87. The van der Waals surface area contributed by atoms with Crippen molar-refractivity contribution in [1.82, 2.24) is 14.1 Å². The standard InChI is InChI=1S/C21H30N4O3S/c1-15(2)14-25-20(7-10-22-25)23-21(26)18-8-11-24(12-9-18)29(27,28)19-6-5-16(3)17(4)13-19/h5-7,10,13,15,18H,8-9,11-12,14H2,1-4H3,(H,23,26). The number of carbonyl (C=O) groups excluding carboxylic acids is 1. The third-order valence-electron chi connectivity index (χ3n) is 5.45. The normalized spacial score (nSPS) is 16.3. The van der Waals surface area contributed by atoms with E-state index >= 15 is 0 Å². The largest absolute Gasteiger partial charge is 0.311 e. The van der Waals surface area contributed by atoms with E-state index in [1.807, 2.05) is 19.9 Å². The first-order valence-electron chi connectivity index (χ1n) is 10.1. The highest BCUT2D eigenvalue weighted by atomic mass is 32.2. The molecule has 158 valence electrons. The van der Waals surface area contributed by atoms with Crippen LogP contribution >= 0.6 is 0 Å². The molecule has 0 atom stereocenters. The van der Waals surface area contributed by atoms with Crippen molar-refractivity contribution in [3.8, 4) is 0 Å². The lowest BCUT2D eigenvalue weighted by atomic mass is 9.97. The molecular formula is C21H30N4O3S. The second-order valence-corrected chi connectivity index (χ2v) is 10.1. The number of rotatable bonds is 6. The minimum Gasteiger partial charge on any atom is -0.311 e. The second-order valence-electron chi connectivity index (χ2n) is 8.21. The molecule has 1 aromatic heterocycles. The zero-order valence-corrected chi connectivity index (χ0v) is 18.4. The third-order valence-corrected chi connectivity index (χ3v) is 7.34. The van der Waals surface area contributed by atoms with Gasteiger partial charge in [-0.1, -0.05) is 19.9 Å². The Balaban J connectivity index is 1.62. The number of piperidine rings is 1. The van der Waals surface area contributed by atoms with Gasteiger partial charge >= 0.3 is 0 Å². The Bertz CT molecular complexity index is 974. The molecule has 2 heterocycles. The number of sulfonamides is 1. The van der Waals surface area contributed by atoms with E-state index in [4.69, 9.17) is 0 Å². The first-order chi connectivity index (χ1) is 13.7. The molecule has 1 aromatic carbocycles. The molecular weight excluding hydrogens is 388 g/mol. The Morgan fingerprint density at radius 3 is 2.48 bits per heavy atom. The fourth-order valence-electron chi connectivity index (χ4n) is 3.54. The molecule has 1 amide bonds. The number of aryl methyl sites for hydroxylation is 2. The van der Waals surface area contributed by atoms with Crippen LogP contribution in [-0.2, 0) is 21.4 Å². The van der Waals surface area contributed by atoms with Crippen LogP contribution < -0.4 is 5.32 Å². The van der Waals surface area contributed by atoms with Gasteiger partial charge in [0.1, 0.15) is 5.82 Å². The van der Waals surface area contributed by atoms with Gasteiger partial charge in [-0.05, 0) is 55.9 Å². The van der Waals surface area contributed by atoms with E-state index in [1.54, 1.807) is 29.1 Å². The lowest BCUT2D eigenvalue weighted by Gasteiger charge is -2.30. The van der Waals surface area contributed by atoms with E-state index in [1.165, 1.54) is 4.31 Å². The van der Waals surface area contributed by atoms with Crippen molar-refractivity contribution in [3.63, 3.8) is 0 Å². The summed E-state index contributed by atoms with van der Waals surface area (Å²) >= 11 is 0. The lowest BCUT2D eigenvalue weighted by Crippen LogP contribution is -2.41. The molecule has 0 bridgehead atoms. The molecule has 1 aliphatic rings. The molecule has 0 spiro atoms. The van der Waals surface area contributed by atoms with Crippen molar-refractivity contribution >= 4 is 21.7 Å². The molecule has 29 heavy (non-hydrogen) atoms. The van der Waals surface area contributed by atoms with Gasteiger partial charge in [-0.25, -0.2) is 13.1 Å². The topological polar surface area (TPSA) is 84.3 Å². The number of carbonyl (C=O) groups is 1. The summed E-state index contributed by atoms with van der Waals surface area (Å²) in [7, 11) is -3.53. The summed E-state index contributed by atoms with van der Waals surface area (Å²) in [6, 6.07) is 7.01. The SMILES string of the molecule is Cc1ccc(S(=O)(=O)N2CCC(C(=O)Nc3ccnn3CC(C)C)CC2)cc1C. The van der Waals surface area contributed by atoms with Crippen LogP contribution in [0, 0.1) is 25.7 Å². The van der Waals surface area contributed by atoms with E-state index in [2.05, 4.69) is 24.3 Å². The molecule has 0 radical (unpaired) electrons. The molecule has 2 aromatic rings. The van der Waals surface area contributed by atoms with Crippen LogP contribution in [0.5, 0.6) is 0 Å². The number of nitrogens with one attached hydrogen (secondary N) is 1. The maximum atomic E-state index is 12.9. The fourth-order valence-corrected chi connectivity index (χ4v) is 5.10. The van der Waals surface area contributed by atoms with E-state index in [9.17, 15) is 13.2 Å². The van der Waals surface area contributed by atoms with Crippen LogP contribution in [0.3, 0.4) is 0 Å². The molecule has 0 unspecified atom stereocenters. The summed E-state index contributed by atoms with van der Waals surface area (Å²) in [6.07, 6.45) is 2.69. The maximum Gasteiger partial charge on any atom is 0.243 e. The zero-order chi connectivity index (χ0) is 21.2. The van der Waals surface area contributed by atoms with Crippen LogP contribution in [0.25, 0.3) is 0 Å². The first kappa shape index (κ1) is 21.5. The smallest absolute Gasteiger partial charge is 0.243 e. The van der Waals surface area contributed by atoms with Crippen LogP contribution in [0.1, 0.15) is 37.8 Å². The number of nitrogens with zero attached hydrogens (tertiary/aromatic N) is 3. The summed E-state index contributed by atoms with van der Waals surface area (Å²) in [5.74, 6) is 0.834. The number of hydrogen-bond donors (Lipinski definition) is 1. The fraction of sp³-hybridized carbons (Fsp3) is 0.524. The van der Waals surface area contributed by atoms with Gasteiger partial charge in [0.05, 0.1) is 11.1 Å². The molecule has 1 N–H and O–H groups in total. The van der Waals surface area contributed by atoms with Crippen molar-refractivity contribution < 1.29 is 13.2 Å². The predicted octanol–water partition coefficient (Wildman–Crippen LogP) is 3.20. The van der Waals surface area contributed by atoms with Crippen molar-refractivity contribution in [2.75, 3.05) is 18.4 Å². The van der Waals surface area contributed by atoms with E-state index in [-0.39, 0.29) is 11.8 Å². The average molecular weight is 419 g/mol. The van der Waals surface area contributed by atoms with Gasteiger partial charge in [-0.15, -0.1) is 0 Å². The highest BCUT2D eigenvalue weighted by Gasteiger charge is 2.32. The van der Waals surface area contributed by atoms with Gasteiger partial charge in [0.2, 0.25) is 15.9 Å². The Kier molecular flexibility index (Phi) is 6.43. The predicted molar refractivity (Wildman–Crippen MR) is 113 cm³/mol. The summed E-state index contributed by atoms with van der Waals surface area (Å²) in [5.41, 5.74) is 2.02. The number of anilines is 1. The quantitative estimate of drug-likeness (QED) is 0.781.